The van der Waals surface area contributed by atoms with E-state index in [-0.39, 0.29) is 17.9 Å². The zero-order valence-electron chi connectivity index (χ0n) is 15.1. The number of hydrogen-bond acceptors (Lipinski definition) is 3. The molecule has 1 amide bonds. The highest BCUT2D eigenvalue weighted by Gasteiger charge is 2.19. The van der Waals surface area contributed by atoms with E-state index >= 15 is 0 Å². The molecule has 24 heavy (non-hydrogen) atoms. The fourth-order valence-corrected chi connectivity index (χ4v) is 2.35. The molecule has 5 nitrogen and oxygen atoms in total. The van der Waals surface area contributed by atoms with Gasteiger partial charge in [0.15, 0.2) is 0 Å². The topological polar surface area (TPSA) is 56.1 Å². The molecular formula is C19H27N3O2. The molecule has 2 unspecified atom stereocenters. The molecule has 5 heteroatoms. The number of nitrogens with zero attached hydrogens (tertiary/aromatic N) is 2. The number of ether oxygens (including phenoxy) is 1. The molecule has 0 radical (unpaired) electrons. The molecule has 1 heterocycles. The van der Waals surface area contributed by atoms with Gasteiger partial charge >= 0.3 is 0 Å². The molecule has 130 valence electrons. The van der Waals surface area contributed by atoms with E-state index in [4.69, 9.17) is 4.74 Å². The van der Waals surface area contributed by atoms with Gasteiger partial charge in [-0.25, -0.2) is 0 Å². The number of hydrogen-bond donors (Lipinski definition) is 1. The van der Waals surface area contributed by atoms with Gasteiger partial charge in [-0.3, -0.25) is 9.48 Å². The predicted octanol–water partition coefficient (Wildman–Crippen LogP) is 3.44. The number of amides is 1. The van der Waals surface area contributed by atoms with Crippen molar-refractivity contribution in [2.45, 2.75) is 39.7 Å². The van der Waals surface area contributed by atoms with Crippen molar-refractivity contribution in [2.75, 3.05) is 6.61 Å². The van der Waals surface area contributed by atoms with Crippen molar-refractivity contribution < 1.29 is 9.53 Å². The zero-order chi connectivity index (χ0) is 17.7. The van der Waals surface area contributed by atoms with Crippen LogP contribution in [0.15, 0.2) is 36.7 Å². The third-order valence-electron chi connectivity index (χ3n) is 3.94. The van der Waals surface area contributed by atoms with Crippen molar-refractivity contribution in [3.63, 3.8) is 0 Å². The molecule has 2 aromatic rings. The van der Waals surface area contributed by atoms with E-state index in [0.717, 1.165) is 16.9 Å². The highest BCUT2D eigenvalue weighted by molar-refractivity contribution is 5.83. The van der Waals surface area contributed by atoms with Gasteiger partial charge in [0.05, 0.1) is 24.8 Å². The molecule has 0 saturated carbocycles. The third-order valence-corrected chi connectivity index (χ3v) is 3.94. The number of carbonyl (C=O) groups excluding carboxylic acids is 1. The Morgan fingerprint density at radius 2 is 1.83 bits per heavy atom. The van der Waals surface area contributed by atoms with Crippen LogP contribution in [0.5, 0.6) is 5.75 Å². The normalized spacial score (nSPS) is 13.6. The lowest BCUT2D eigenvalue weighted by molar-refractivity contribution is -0.122. The van der Waals surface area contributed by atoms with E-state index in [1.54, 1.807) is 10.9 Å². The number of nitrogens with one attached hydrogen (secondary N) is 1. The number of benzene rings is 1. The lowest BCUT2D eigenvalue weighted by Gasteiger charge is -2.18. The van der Waals surface area contributed by atoms with Gasteiger partial charge in [-0.1, -0.05) is 26.0 Å². The quantitative estimate of drug-likeness (QED) is 0.846. The van der Waals surface area contributed by atoms with Crippen LogP contribution in [-0.4, -0.2) is 22.3 Å². The van der Waals surface area contributed by atoms with E-state index in [2.05, 4.69) is 24.3 Å². The summed E-state index contributed by atoms with van der Waals surface area (Å²) in [5.74, 6) is 1.12. The van der Waals surface area contributed by atoms with Crippen LogP contribution >= 0.6 is 0 Å². The largest absolute Gasteiger partial charge is 0.493 e. The van der Waals surface area contributed by atoms with Gasteiger partial charge in [0, 0.05) is 18.8 Å². The molecule has 0 bridgehead atoms. The Bertz CT molecular complexity index is 662. The SMILES string of the molecule is CC(C)COc1ccc(C(C)NC(=O)C(C)c2cnn(C)c2)cc1. The minimum atomic E-state index is -0.227. The van der Waals surface area contributed by atoms with E-state index in [0.29, 0.717) is 12.5 Å². The predicted molar refractivity (Wildman–Crippen MR) is 95.0 cm³/mol. The van der Waals surface area contributed by atoms with Crippen LogP contribution < -0.4 is 10.1 Å². The van der Waals surface area contributed by atoms with Crippen LogP contribution in [0.1, 0.15) is 50.8 Å². The number of rotatable bonds is 7. The Morgan fingerprint density at radius 1 is 1.17 bits per heavy atom. The maximum atomic E-state index is 12.4. The summed E-state index contributed by atoms with van der Waals surface area (Å²) in [4.78, 5) is 12.4. The maximum Gasteiger partial charge on any atom is 0.227 e. The molecule has 2 atom stereocenters. The molecule has 1 N–H and O–H groups in total. The molecule has 1 aromatic heterocycles. The summed E-state index contributed by atoms with van der Waals surface area (Å²) in [6.07, 6.45) is 3.60. The second-order valence-corrected chi connectivity index (χ2v) is 6.67. The molecule has 0 spiro atoms. The molecular weight excluding hydrogens is 302 g/mol. The van der Waals surface area contributed by atoms with Gasteiger partial charge in [-0.15, -0.1) is 0 Å². The summed E-state index contributed by atoms with van der Waals surface area (Å²) < 4.78 is 7.39. The molecule has 1 aromatic carbocycles. The van der Waals surface area contributed by atoms with Gasteiger partial charge in [0.25, 0.3) is 0 Å². The Labute approximate surface area is 144 Å². The Balaban J connectivity index is 1.93. The number of carbonyl (C=O) groups is 1. The maximum absolute atomic E-state index is 12.4. The highest BCUT2D eigenvalue weighted by atomic mass is 16.5. The van der Waals surface area contributed by atoms with Crippen molar-refractivity contribution in [3.8, 4) is 5.75 Å². The van der Waals surface area contributed by atoms with Crippen molar-refractivity contribution in [1.82, 2.24) is 15.1 Å². The standard InChI is InChI=1S/C19H27N3O2/c1-13(2)12-24-18-8-6-16(7-9-18)15(4)21-19(23)14(3)17-10-20-22(5)11-17/h6-11,13-15H,12H2,1-5H3,(H,21,23). The van der Waals surface area contributed by atoms with Gasteiger partial charge in [0.2, 0.25) is 5.91 Å². The van der Waals surface area contributed by atoms with Gasteiger partial charge in [0.1, 0.15) is 5.75 Å². The van der Waals surface area contributed by atoms with Crippen LogP contribution in [0.4, 0.5) is 0 Å². The van der Waals surface area contributed by atoms with E-state index in [1.165, 1.54) is 0 Å². The molecule has 0 aliphatic heterocycles. The minimum Gasteiger partial charge on any atom is -0.493 e. The van der Waals surface area contributed by atoms with E-state index in [9.17, 15) is 4.79 Å². The van der Waals surface area contributed by atoms with Crippen LogP contribution in [-0.2, 0) is 11.8 Å². The first-order valence-electron chi connectivity index (χ1n) is 8.38. The zero-order valence-corrected chi connectivity index (χ0v) is 15.1. The van der Waals surface area contributed by atoms with Crippen molar-refractivity contribution in [3.05, 3.63) is 47.8 Å². The fourth-order valence-electron chi connectivity index (χ4n) is 2.35. The van der Waals surface area contributed by atoms with Crippen LogP contribution in [0.3, 0.4) is 0 Å². The minimum absolute atomic E-state index is 0.00404. The summed E-state index contributed by atoms with van der Waals surface area (Å²) in [5, 5.41) is 7.18. The van der Waals surface area contributed by atoms with Crippen LogP contribution in [0, 0.1) is 5.92 Å². The van der Waals surface area contributed by atoms with Gasteiger partial charge in [-0.2, -0.15) is 5.10 Å². The van der Waals surface area contributed by atoms with Crippen LogP contribution in [0.2, 0.25) is 0 Å². The first-order chi connectivity index (χ1) is 11.4. The Hall–Kier alpha value is -2.30. The smallest absolute Gasteiger partial charge is 0.227 e. The van der Waals surface area contributed by atoms with Crippen molar-refractivity contribution in [2.24, 2.45) is 13.0 Å². The summed E-state index contributed by atoms with van der Waals surface area (Å²) >= 11 is 0. The van der Waals surface area contributed by atoms with Gasteiger partial charge < -0.3 is 10.1 Å². The monoisotopic (exact) mass is 329 g/mol. The number of aromatic nitrogens is 2. The fraction of sp³-hybridized carbons (Fsp3) is 0.474. The first-order valence-corrected chi connectivity index (χ1v) is 8.38. The summed E-state index contributed by atoms with van der Waals surface area (Å²) in [6.45, 7) is 8.82. The third kappa shape index (κ3) is 4.85. The summed E-state index contributed by atoms with van der Waals surface area (Å²) in [6, 6.07) is 7.83. The number of aryl methyl sites for hydroxylation is 1. The molecule has 0 saturated heterocycles. The van der Waals surface area contributed by atoms with Crippen molar-refractivity contribution >= 4 is 5.91 Å². The average Bonchev–Trinajstić information content (AvgIpc) is 2.99. The Morgan fingerprint density at radius 3 is 2.38 bits per heavy atom. The molecule has 0 aliphatic carbocycles. The summed E-state index contributed by atoms with van der Waals surface area (Å²) in [7, 11) is 1.85. The molecule has 0 fully saturated rings. The van der Waals surface area contributed by atoms with Crippen molar-refractivity contribution in [1.29, 1.82) is 0 Å². The Kier molecular flexibility index (Phi) is 6.01. The molecule has 0 aliphatic rings. The lowest BCUT2D eigenvalue weighted by Crippen LogP contribution is -2.30. The average molecular weight is 329 g/mol. The first kappa shape index (κ1) is 18.0. The second kappa shape index (κ2) is 7.99. The summed E-state index contributed by atoms with van der Waals surface area (Å²) in [5.41, 5.74) is 1.97. The van der Waals surface area contributed by atoms with Crippen LogP contribution in [0.25, 0.3) is 0 Å². The molecule has 2 rings (SSSR count). The highest BCUT2D eigenvalue weighted by Crippen LogP contribution is 2.20. The lowest BCUT2D eigenvalue weighted by atomic mass is 10.0. The van der Waals surface area contributed by atoms with E-state index < -0.39 is 0 Å². The van der Waals surface area contributed by atoms with Gasteiger partial charge in [-0.05, 0) is 37.5 Å². The second-order valence-electron chi connectivity index (χ2n) is 6.67. The van der Waals surface area contributed by atoms with E-state index in [1.807, 2.05) is 51.4 Å².